The zero-order chi connectivity index (χ0) is 33.3. The molecule has 0 amide bonds. The second-order valence-electron chi connectivity index (χ2n) is 14.1. The fraction of sp³-hybridized carbons (Fsp3) is 0.0652. The molecule has 234 valence electrons. The highest BCUT2D eigenvalue weighted by atomic mass is 32.1. The van der Waals surface area contributed by atoms with Gasteiger partial charge in [-0.2, -0.15) is 5.26 Å². The van der Waals surface area contributed by atoms with Gasteiger partial charge in [0, 0.05) is 58.5 Å². The average Bonchev–Trinajstić information content (AvgIpc) is 3.86. The number of nitriles is 1. The van der Waals surface area contributed by atoms with Gasteiger partial charge in [-0.25, -0.2) is 0 Å². The molecule has 10 aromatic rings. The Bertz CT molecular complexity index is 3140. The first-order valence-electron chi connectivity index (χ1n) is 17.1. The maximum Gasteiger partial charge on any atom is 0.0991 e. The summed E-state index contributed by atoms with van der Waals surface area (Å²) in [4.78, 5) is 0. The highest BCUT2D eigenvalue weighted by Crippen LogP contribution is 2.53. The van der Waals surface area contributed by atoms with Crippen molar-refractivity contribution in [1.29, 1.82) is 5.26 Å². The second kappa shape index (κ2) is 9.72. The van der Waals surface area contributed by atoms with Crippen LogP contribution in [0.4, 0.5) is 0 Å². The third-order valence-corrected chi connectivity index (χ3v) is 12.3. The van der Waals surface area contributed by atoms with Gasteiger partial charge < -0.3 is 9.13 Å². The van der Waals surface area contributed by atoms with Crippen LogP contribution in [0.1, 0.15) is 30.5 Å². The first-order chi connectivity index (χ1) is 24.5. The van der Waals surface area contributed by atoms with E-state index in [-0.39, 0.29) is 5.41 Å². The van der Waals surface area contributed by atoms with Gasteiger partial charge in [0.15, 0.2) is 0 Å². The normalized spacial score (nSPS) is 13.5. The lowest BCUT2D eigenvalue weighted by Crippen LogP contribution is -2.16. The molecule has 50 heavy (non-hydrogen) atoms. The van der Waals surface area contributed by atoms with Crippen LogP contribution in [0.15, 0.2) is 140 Å². The van der Waals surface area contributed by atoms with Crippen molar-refractivity contribution in [2.24, 2.45) is 0 Å². The lowest BCUT2D eigenvalue weighted by Gasteiger charge is -2.23. The van der Waals surface area contributed by atoms with E-state index in [4.69, 9.17) is 0 Å². The van der Waals surface area contributed by atoms with Gasteiger partial charge in [-0.1, -0.05) is 86.6 Å². The van der Waals surface area contributed by atoms with Gasteiger partial charge in [0.05, 0.1) is 33.7 Å². The maximum atomic E-state index is 9.65. The van der Waals surface area contributed by atoms with E-state index < -0.39 is 0 Å². The number of hydrogen-bond donors (Lipinski definition) is 0. The van der Waals surface area contributed by atoms with Gasteiger partial charge in [-0.15, -0.1) is 11.3 Å². The Morgan fingerprint density at radius 2 is 1.14 bits per heavy atom. The highest BCUT2D eigenvalue weighted by molar-refractivity contribution is 7.25. The van der Waals surface area contributed by atoms with Crippen LogP contribution in [0.2, 0.25) is 0 Å². The molecule has 0 spiro atoms. The van der Waals surface area contributed by atoms with Crippen molar-refractivity contribution >= 4 is 75.1 Å². The molecule has 3 nitrogen and oxygen atoms in total. The Balaban J connectivity index is 1.18. The predicted octanol–water partition coefficient (Wildman–Crippen LogP) is 12.4. The van der Waals surface area contributed by atoms with Crippen LogP contribution >= 0.6 is 11.3 Å². The molecule has 0 N–H and O–H groups in total. The molecule has 0 saturated carbocycles. The van der Waals surface area contributed by atoms with Crippen LogP contribution < -0.4 is 0 Å². The monoisotopic (exact) mass is 655 g/mol. The molecular formula is C46H29N3S. The second-order valence-corrected chi connectivity index (χ2v) is 15.2. The molecule has 0 aliphatic heterocycles. The van der Waals surface area contributed by atoms with Gasteiger partial charge in [0.25, 0.3) is 0 Å². The maximum absolute atomic E-state index is 9.65. The lowest BCUT2D eigenvalue weighted by molar-refractivity contribution is 0.664. The molecule has 1 aliphatic carbocycles. The van der Waals surface area contributed by atoms with Crippen LogP contribution in [0.3, 0.4) is 0 Å². The minimum atomic E-state index is -0.137. The van der Waals surface area contributed by atoms with Crippen LogP contribution in [0.25, 0.3) is 86.3 Å². The van der Waals surface area contributed by atoms with Crippen LogP contribution in [0, 0.1) is 11.3 Å². The van der Waals surface area contributed by atoms with Gasteiger partial charge in [0.1, 0.15) is 0 Å². The topological polar surface area (TPSA) is 33.6 Å². The van der Waals surface area contributed by atoms with Crippen LogP contribution in [-0.4, -0.2) is 9.13 Å². The summed E-state index contributed by atoms with van der Waals surface area (Å²) in [6.45, 7) is 4.76. The number of benzene rings is 7. The number of para-hydroxylation sites is 2. The molecule has 1 aliphatic rings. The number of thiophene rings is 1. The molecule has 0 radical (unpaired) electrons. The summed E-state index contributed by atoms with van der Waals surface area (Å²) in [5.41, 5.74) is 13.1. The molecular weight excluding hydrogens is 627 g/mol. The summed E-state index contributed by atoms with van der Waals surface area (Å²) in [6, 6.07) is 53.2. The minimum Gasteiger partial charge on any atom is -0.309 e. The molecule has 11 rings (SSSR count). The zero-order valence-corrected chi connectivity index (χ0v) is 28.3. The number of nitrogens with zero attached hydrogens (tertiary/aromatic N) is 3. The average molecular weight is 656 g/mol. The van der Waals surface area contributed by atoms with E-state index in [1.54, 1.807) is 0 Å². The minimum absolute atomic E-state index is 0.137. The molecule has 0 fully saturated rings. The Kier molecular flexibility index (Phi) is 5.40. The number of fused-ring (bicyclic) bond motifs is 13. The Hall–Kier alpha value is -6.15. The molecule has 4 heteroatoms. The summed E-state index contributed by atoms with van der Waals surface area (Å²) in [7, 11) is 0. The molecule has 3 aromatic heterocycles. The predicted molar refractivity (Wildman–Crippen MR) is 210 cm³/mol. The number of rotatable bonds is 2. The van der Waals surface area contributed by atoms with E-state index in [1.807, 2.05) is 23.5 Å². The van der Waals surface area contributed by atoms with Crippen molar-refractivity contribution in [3.63, 3.8) is 0 Å². The molecule has 7 aromatic carbocycles. The number of aromatic nitrogens is 2. The van der Waals surface area contributed by atoms with Gasteiger partial charge >= 0.3 is 0 Å². The van der Waals surface area contributed by atoms with Crippen molar-refractivity contribution in [2.45, 2.75) is 19.3 Å². The fourth-order valence-corrected chi connectivity index (χ4v) is 10.00. The van der Waals surface area contributed by atoms with E-state index in [0.29, 0.717) is 5.56 Å². The molecule has 3 heterocycles. The molecule has 0 atom stereocenters. The Morgan fingerprint density at radius 1 is 0.520 bits per heavy atom. The van der Waals surface area contributed by atoms with Crippen LogP contribution in [0.5, 0.6) is 0 Å². The lowest BCUT2D eigenvalue weighted by atomic mass is 9.81. The summed E-state index contributed by atoms with van der Waals surface area (Å²) < 4.78 is 7.41. The Labute approximate surface area is 292 Å². The molecule has 0 bridgehead atoms. The van der Waals surface area contributed by atoms with Gasteiger partial charge in [-0.05, 0) is 89.0 Å². The number of hydrogen-bond acceptors (Lipinski definition) is 2. The summed E-state index contributed by atoms with van der Waals surface area (Å²) in [5.74, 6) is 0. The van der Waals surface area contributed by atoms with Crippen molar-refractivity contribution in [1.82, 2.24) is 9.13 Å². The summed E-state index contributed by atoms with van der Waals surface area (Å²) >= 11 is 1.85. The highest BCUT2D eigenvalue weighted by Gasteiger charge is 2.38. The zero-order valence-electron chi connectivity index (χ0n) is 27.5. The standard InChI is InChI=1S/C46H29N3S/c1-46(2)38-12-6-3-9-30(38)33-18-19-34-31-10-4-8-14-40(31)49(45(34)44(33)46)29-17-22-43-37(25-29)36-24-28(16-21-42(36)50-43)48-39-13-7-5-11-32(39)35-23-27(26-47)15-20-41(35)48/h3-25H,1-2H3. The third kappa shape index (κ3) is 3.52. The summed E-state index contributed by atoms with van der Waals surface area (Å²) in [5, 5.41) is 17.0. The van der Waals surface area contributed by atoms with E-state index in [2.05, 4.69) is 156 Å². The first kappa shape index (κ1) is 27.8. The quantitative estimate of drug-likeness (QED) is 0.182. The van der Waals surface area contributed by atoms with Gasteiger partial charge in [-0.3, -0.25) is 0 Å². The SMILES string of the molecule is CC1(C)c2ccccc2-c2ccc3c4ccccc4n(-c4ccc5sc6ccc(-n7c8ccccc8c8cc(C#N)ccc87)cc6c5c4)c3c21. The molecule has 0 unspecified atom stereocenters. The van der Waals surface area contributed by atoms with Crippen molar-refractivity contribution in [3.8, 4) is 28.6 Å². The largest absolute Gasteiger partial charge is 0.309 e. The molecule has 0 saturated heterocycles. The summed E-state index contributed by atoms with van der Waals surface area (Å²) in [6.07, 6.45) is 0. The van der Waals surface area contributed by atoms with Crippen molar-refractivity contribution in [3.05, 3.63) is 156 Å². The Morgan fingerprint density at radius 3 is 1.88 bits per heavy atom. The van der Waals surface area contributed by atoms with E-state index in [0.717, 1.165) is 27.5 Å². The van der Waals surface area contributed by atoms with Gasteiger partial charge in [0.2, 0.25) is 0 Å². The van der Waals surface area contributed by atoms with E-state index in [9.17, 15) is 5.26 Å². The van der Waals surface area contributed by atoms with Crippen molar-refractivity contribution < 1.29 is 0 Å². The first-order valence-corrected chi connectivity index (χ1v) is 17.9. The van der Waals surface area contributed by atoms with E-state index >= 15 is 0 Å². The fourth-order valence-electron chi connectivity index (χ4n) is 8.93. The smallest absolute Gasteiger partial charge is 0.0991 e. The third-order valence-electron chi connectivity index (χ3n) is 11.1. The van der Waals surface area contributed by atoms with E-state index in [1.165, 1.54) is 69.9 Å². The van der Waals surface area contributed by atoms with Crippen LogP contribution in [-0.2, 0) is 5.41 Å². The van der Waals surface area contributed by atoms with Crippen molar-refractivity contribution in [2.75, 3.05) is 0 Å².